The quantitative estimate of drug-likeness (QED) is 0.630. The van der Waals surface area contributed by atoms with Crippen molar-refractivity contribution in [3.8, 4) is 5.75 Å². The van der Waals surface area contributed by atoms with E-state index in [1.54, 1.807) is 25.1 Å². The number of aliphatic imine (C=N–C) groups is 1. The molecule has 0 fully saturated rings. The van der Waals surface area contributed by atoms with Crippen LogP contribution in [0.4, 0.5) is 0 Å². The maximum absolute atomic E-state index is 13.4. The molecule has 4 N–H and O–H groups in total. The van der Waals surface area contributed by atoms with Gasteiger partial charge in [0.1, 0.15) is 17.4 Å². The van der Waals surface area contributed by atoms with Crippen LogP contribution in [0.5, 0.6) is 5.75 Å². The van der Waals surface area contributed by atoms with E-state index in [0.717, 1.165) is 11.1 Å². The molecule has 2 amide bonds. The highest BCUT2D eigenvalue weighted by molar-refractivity contribution is 6.00. The molecule has 35 heavy (non-hydrogen) atoms. The third kappa shape index (κ3) is 3.86. The average Bonchev–Trinajstić information content (AvgIpc) is 3.15. The van der Waals surface area contributed by atoms with Gasteiger partial charge in [-0.2, -0.15) is 0 Å². The first-order valence-corrected chi connectivity index (χ1v) is 11.9. The van der Waals surface area contributed by atoms with E-state index in [1.165, 1.54) is 4.90 Å². The summed E-state index contributed by atoms with van der Waals surface area (Å²) < 4.78 is 6.18. The Morgan fingerprint density at radius 3 is 2.54 bits per heavy atom. The number of nitrogens with two attached hydrogens (primary N) is 1. The molecule has 5 rings (SSSR count). The summed E-state index contributed by atoms with van der Waals surface area (Å²) in [5.74, 6) is 0.297. The SMILES string of the molecule is CC1(C)CC(=O)N(C2c3cc(C(=O)N[C@@H]4c5ccccc5C[C@]4(C)O)ccc3OC2(C)C)C(N)=N1. The van der Waals surface area contributed by atoms with Crippen LogP contribution in [0.1, 0.15) is 80.2 Å². The molecule has 1 aliphatic carbocycles. The number of amides is 2. The summed E-state index contributed by atoms with van der Waals surface area (Å²) in [6.07, 6.45) is 0.695. The van der Waals surface area contributed by atoms with Gasteiger partial charge in [0, 0.05) is 17.5 Å². The Morgan fingerprint density at radius 2 is 1.83 bits per heavy atom. The predicted molar refractivity (Wildman–Crippen MR) is 132 cm³/mol. The average molecular weight is 477 g/mol. The number of fused-ring (bicyclic) bond motifs is 2. The predicted octanol–water partition coefficient (Wildman–Crippen LogP) is 3.00. The lowest BCUT2D eigenvalue weighted by Gasteiger charge is -2.40. The molecule has 2 aromatic carbocycles. The minimum atomic E-state index is -1.10. The first-order valence-electron chi connectivity index (χ1n) is 11.9. The van der Waals surface area contributed by atoms with Crippen LogP contribution in [0.2, 0.25) is 0 Å². The van der Waals surface area contributed by atoms with Crippen LogP contribution in [0, 0.1) is 0 Å². The summed E-state index contributed by atoms with van der Waals surface area (Å²) in [4.78, 5) is 32.5. The third-order valence-electron chi connectivity index (χ3n) is 7.18. The molecule has 2 heterocycles. The lowest BCUT2D eigenvalue weighted by atomic mass is 9.89. The van der Waals surface area contributed by atoms with Crippen LogP contribution < -0.4 is 15.8 Å². The van der Waals surface area contributed by atoms with Crippen molar-refractivity contribution < 1.29 is 19.4 Å². The van der Waals surface area contributed by atoms with E-state index in [0.29, 0.717) is 23.3 Å². The number of nitrogens with one attached hydrogen (secondary N) is 1. The highest BCUT2D eigenvalue weighted by Gasteiger charge is 2.50. The van der Waals surface area contributed by atoms with Crippen LogP contribution in [-0.2, 0) is 11.2 Å². The Labute approximate surface area is 205 Å². The van der Waals surface area contributed by atoms with E-state index in [2.05, 4.69) is 10.3 Å². The van der Waals surface area contributed by atoms with E-state index < -0.39 is 28.8 Å². The molecular weight excluding hydrogens is 444 g/mol. The summed E-state index contributed by atoms with van der Waals surface area (Å²) in [6, 6.07) is 11.9. The Hall–Kier alpha value is -3.39. The van der Waals surface area contributed by atoms with E-state index in [-0.39, 0.29) is 24.2 Å². The van der Waals surface area contributed by atoms with Crippen molar-refractivity contribution >= 4 is 17.8 Å². The highest BCUT2D eigenvalue weighted by Crippen LogP contribution is 2.48. The fourth-order valence-electron chi connectivity index (χ4n) is 5.67. The van der Waals surface area contributed by atoms with Gasteiger partial charge in [-0.1, -0.05) is 24.3 Å². The molecule has 0 saturated carbocycles. The molecule has 0 radical (unpaired) electrons. The van der Waals surface area contributed by atoms with Crippen molar-refractivity contribution in [3.05, 3.63) is 64.7 Å². The summed E-state index contributed by atoms with van der Waals surface area (Å²) in [5.41, 5.74) is 6.89. The zero-order valence-corrected chi connectivity index (χ0v) is 20.8. The maximum atomic E-state index is 13.4. The first-order chi connectivity index (χ1) is 16.3. The number of guanidine groups is 1. The normalized spacial score (nSPS) is 28.1. The molecule has 0 saturated heterocycles. The molecule has 3 aliphatic rings. The lowest BCUT2D eigenvalue weighted by Crippen LogP contribution is -2.55. The Kier molecular flexibility index (Phi) is 5.04. The molecule has 8 heteroatoms. The fraction of sp³-hybridized carbons (Fsp3) is 0.444. The monoisotopic (exact) mass is 476 g/mol. The molecule has 8 nitrogen and oxygen atoms in total. The maximum Gasteiger partial charge on any atom is 0.251 e. The van der Waals surface area contributed by atoms with Crippen molar-refractivity contribution in [1.82, 2.24) is 10.2 Å². The standard InChI is InChI=1S/C27H32N4O4/c1-25(2)14-20(32)31(24(28)30-25)22-18-12-15(10-11-19(18)35-26(22,3)4)23(33)29-21-17-9-7-6-8-16(17)13-27(21,5)34/h6-12,21-22,34H,13-14H2,1-5H3,(H2,28,30)(H,29,33)/t21-,22?,27+/m1/s1. The van der Waals surface area contributed by atoms with Crippen molar-refractivity contribution in [3.63, 3.8) is 0 Å². The number of carbonyl (C=O) groups is 2. The van der Waals surface area contributed by atoms with Crippen LogP contribution in [0.3, 0.4) is 0 Å². The minimum absolute atomic E-state index is 0.134. The van der Waals surface area contributed by atoms with Crippen LogP contribution >= 0.6 is 0 Å². The number of hydrogen-bond donors (Lipinski definition) is 3. The molecule has 0 bridgehead atoms. The van der Waals surface area contributed by atoms with Gasteiger partial charge in [-0.3, -0.25) is 14.5 Å². The second-order valence-electron chi connectivity index (χ2n) is 11.2. The van der Waals surface area contributed by atoms with E-state index in [4.69, 9.17) is 10.5 Å². The highest BCUT2D eigenvalue weighted by atomic mass is 16.5. The lowest BCUT2D eigenvalue weighted by molar-refractivity contribution is -0.133. The largest absolute Gasteiger partial charge is 0.485 e. The summed E-state index contributed by atoms with van der Waals surface area (Å²) in [6.45, 7) is 9.27. The number of benzene rings is 2. The molecule has 0 spiro atoms. The van der Waals surface area contributed by atoms with Crippen LogP contribution in [0.25, 0.3) is 0 Å². The Balaban J connectivity index is 1.48. The van der Waals surface area contributed by atoms with E-state index in [1.807, 2.05) is 52.0 Å². The molecule has 2 aromatic rings. The molecule has 1 unspecified atom stereocenters. The van der Waals surface area contributed by atoms with Crippen molar-refractivity contribution in [2.24, 2.45) is 10.7 Å². The van der Waals surface area contributed by atoms with Crippen molar-refractivity contribution in [2.45, 2.75) is 76.3 Å². The number of hydrogen-bond acceptors (Lipinski definition) is 6. The van der Waals surface area contributed by atoms with Gasteiger partial charge in [-0.05, 0) is 63.9 Å². The number of aliphatic hydroxyl groups is 1. The second kappa shape index (κ2) is 7.55. The van der Waals surface area contributed by atoms with Gasteiger partial charge in [0.25, 0.3) is 5.91 Å². The number of rotatable bonds is 3. The molecule has 2 aliphatic heterocycles. The van der Waals surface area contributed by atoms with Crippen molar-refractivity contribution in [2.75, 3.05) is 0 Å². The summed E-state index contributed by atoms with van der Waals surface area (Å²) in [5, 5.41) is 14.0. The third-order valence-corrected chi connectivity index (χ3v) is 7.18. The number of carbonyl (C=O) groups excluding carboxylic acids is 2. The van der Waals surface area contributed by atoms with Gasteiger partial charge < -0.3 is 20.9 Å². The second-order valence-corrected chi connectivity index (χ2v) is 11.2. The number of nitrogens with zero attached hydrogens (tertiary/aromatic N) is 2. The number of ether oxygens (including phenoxy) is 1. The molecular formula is C27H32N4O4. The van der Waals surface area contributed by atoms with Gasteiger partial charge in [-0.25, -0.2) is 4.99 Å². The van der Waals surface area contributed by atoms with Gasteiger partial charge in [0.15, 0.2) is 5.96 Å². The van der Waals surface area contributed by atoms with Gasteiger partial charge >= 0.3 is 0 Å². The Morgan fingerprint density at radius 1 is 1.11 bits per heavy atom. The smallest absolute Gasteiger partial charge is 0.251 e. The topological polar surface area (TPSA) is 117 Å². The van der Waals surface area contributed by atoms with Crippen LogP contribution in [-0.4, -0.2) is 44.5 Å². The van der Waals surface area contributed by atoms with E-state index >= 15 is 0 Å². The summed E-state index contributed by atoms with van der Waals surface area (Å²) in [7, 11) is 0. The fourth-order valence-corrected chi connectivity index (χ4v) is 5.67. The van der Waals surface area contributed by atoms with E-state index in [9.17, 15) is 14.7 Å². The Bertz CT molecular complexity index is 1260. The van der Waals surface area contributed by atoms with Crippen LogP contribution in [0.15, 0.2) is 47.5 Å². The first kappa shape index (κ1) is 23.4. The zero-order valence-electron chi connectivity index (χ0n) is 20.8. The molecule has 3 atom stereocenters. The summed E-state index contributed by atoms with van der Waals surface area (Å²) >= 11 is 0. The zero-order chi connectivity index (χ0) is 25.3. The minimum Gasteiger partial charge on any atom is -0.485 e. The van der Waals surface area contributed by atoms with Gasteiger partial charge in [0.05, 0.1) is 23.6 Å². The van der Waals surface area contributed by atoms with Gasteiger partial charge in [0.2, 0.25) is 5.91 Å². The molecule has 184 valence electrons. The van der Waals surface area contributed by atoms with Gasteiger partial charge in [-0.15, -0.1) is 0 Å². The molecule has 0 aromatic heterocycles. The van der Waals surface area contributed by atoms with Crippen molar-refractivity contribution in [1.29, 1.82) is 0 Å².